The van der Waals surface area contributed by atoms with Crippen molar-refractivity contribution in [2.24, 2.45) is 17.8 Å². The molecule has 4 unspecified atom stereocenters. The van der Waals surface area contributed by atoms with E-state index in [0.717, 1.165) is 30.4 Å². The summed E-state index contributed by atoms with van der Waals surface area (Å²) >= 11 is 0. The summed E-state index contributed by atoms with van der Waals surface area (Å²) in [6, 6.07) is 1.42. The molecule has 1 aliphatic heterocycles. The molecular weight excluding hydrogens is 222 g/mol. The van der Waals surface area contributed by atoms with Gasteiger partial charge in [-0.15, -0.1) is 0 Å². The van der Waals surface area contributed by atoms with E-state index in [1.807, 2.05) is 0 Å². The summed E-state index contributed by atoms with van der Waals surface area (Å²) in [5.74, 6) is 2.68. The van der Waals surface area contributed by atoms with Gasteiger partial charge in [0.2, 0.25) is 0 Å². The van der Waals surface area contributed by atoms with Gasteiger partial charge in [0.05, 0.1) is 6.10 Å². The third-order valence-electron chi connectivity index (χ3n) is 5.33. The van der Waals surface area contributed by atoms with E-state index in [9.17, 15) is 0 Å². The summed E-state index contributed by atoms with van der Waals surface area (Å²) in [7, 11) is 0. The average Bonchev–Trinajstić information content (AvgIpc) is 3.11. The van der Waals surface area contributed by atoms with Gasteiger partial charge in [0, 0.05) is 18.7 Å². The van der Waals surface area contributed by atoms with Gasteiger partial charge in [0.15, 0.2) is 0 Å². The van der Waals surface area contributed by atoms with Crippen LogP contribution in [0, 0.1) is 17.8 Å². The van der Waals surface area contributed by atoms with Crippen LogP contribution in [-0.2, 0) is 4.74 Å². The van der Waals surface area contributed by atoms with Crippen LogP contribution in [0.15, 0.2) is 0 Å². The van der Waals surface area contributed by atoms with Crippen LogP contribution in [-0.4, -0.2) is 24.8 Å². The molecule has 0 spiro atoms. The zero-order valence-corrected chi connectivity index (χ0v) is 12.0. The van der Waals surface area contributed by atoms with E-state index in [0.29, 0.717) is 12.1 Å². The summed E-state index contributed by atoms with van der Waals surface area (Å²) in [5.41, 5.74) is 0. The van der Waals surface area contributed by atoms with Gasteiger partial charge in [0.1, 0.15) is 0 Å². The first kappa shape index (κ1) is 12.9. The molecule has 2 aliphatic carbocycles. The van der Waals surface area contributed by atoms with E-state index < -0.39 is 0 Å². The number of nitrogens with one attached hydrogen (secondary N) is 1. The summed E-state index contributed by atoms with van der Waals surface area (Å²) in [4.78, 5) is 0. The Bertz CT molecular complexity index is 274. The lowest BCUT2D eigenvalue weighted by Crippen LogP contribution is -2.46. The smallest absolute Gasteiger partial charge is 0.0757 e. The maximum Gasteiger partial charge on any atom is 0.0757 e. The lowest BCUT2D eigenvalue weighted by Gasteiger charge is -2.34. The van der Waals surface area contributed by atoms with Gasteiger partial charge in [-0.25, -0.2) is 0 Å². The minimum absolute atomic E-state index is 0.546. The number of rotatable bonds is 4. The molecule has 1 N–H and O–H groups in total. The molecule has 3 rings (SSSR count). The van der Waals surface area contributed by atoms with Crippen molar-refractivity contribution in [1.29, 1.82) is 0 Å². The molecule has 18 heavy (non-hydrogen) atoms. The van der Waals surface area contributed by atoms with Crippen LogP contribution in [0.1, 0.15) is 58.8 Å². The Labute approximate surface area is 112 Å². The highest BCUT2D eigenvalue weighted by atomic mass is 16.5. The Hall–Kier alpha value is -0.0800. The van der Waals surface area contributed by atoms with Gasteiger partial charge in [-0.2, -0.15) is 0 Å². The highest BCUT2D eigenvalue weighted by Gasteiger charge is 2.41. The Morgan fingerprint density at radius 2 is 1.89 bits per heavy atom. The van der Waals surface area contributed by atoms with E-state index in [2.05, 4.69) is 19.2 Å². The Morgan fingerprint density at radius 3 is 2.61 bits per heavy atom. The van der Waals surface area contributed by atoms with Crippen LogP contribution >= 0.6 is 0 Å². The quantitative estimate of drug-likeness (QED) is 0.827. The highest BCUT2D eigenvalue weighted by molar-refractivity contribution is 4.95. The molecule has 2 heteroatoms. The molecule has 2 nitrogen and oxygen atoms in total. The Kier molecular flexibility index (Phi) is 3.95. The van der Waals surface area contributed by atoms with Crippen molar-refractivity contribution < 1.29 is 4.74 Å². The molecular formula is C16H29NO. The predicted octanol–water partition coefficient (Wildman–Crippen LogP) is 3.36. The van der Waals surface area contributed by atoms with Crippen molar-refractivity contribution in [1.82, 2.24) is 5.32 Å². The zero-order valence-electron chi connectivity index (χ0n) is 12.0. The third-order valence-corrected chi connectivity index (χ3v) is 5.33. The fourth-order valence-electron chi connectivity index (χ4n) is 3.97. The second kappa shape index (κ2) is 5.50. The topological polar surface area (TPSA) is 21.3 Å². The first-order valence-corrected chi connectivity index (χ1v) is 8.11. The summed E-state index contributed by atoms with van der Waals surface area (Å²) in [6.07, 6.45) is 10.2. The zero-order chi connectivity index (χ0) is 12.5. The van der Waals surface area contributed by atoms with Crippen LogP contribution in [0.4, 0.5) is 0 Å². The maximum atomic E-state index is 5.94. The van der Waals surface area contributed by atoms with E-state index in [1.54, 1.807) is 0 Å². The van der Waals surface area contributed by atoms with Crippen molar-refractivity contribution in [3.05, 3.63) is 0 Å². The van der Waals surface area contributed by atoms with Gasteiger partial charge in [0.25, 0.3) is 0 Å². The lowest BCUT2D eigenvalue weighted by atomic mass is 9.79. The summed E-state index contributed by atoms with van der Waals surface area (Å²) < 4.78 is 5.94. The highest BCUT2D eigenvalue weighted by Crippen LogP contribution is 2.39. The maximum absolute atomic E-state index is 5.94. The van der Waals surface area contributed by atoms with E-state index in [4.69, 9.17) is 4.74 Å². The monoisotopic (exact) mass is 251 g/mol. The lowest BCUT2D eigenvalue weighted by molar-refractivity contribution is 0.0757. The van der Waals surface area contributed by atoms with Crippen molar-refractivity contribution in [2.45, 2.75) is 77.0 Å². The Morgan fingerprint density at radius 1 is 1.06 bits per heavy atom. The minimum atomic E-state index is 0.546. The second-order valence-electron chi connectivity index (χ2n) is 7.10. The van der Waals surface area contributed by atoms with Crippen LogP contribution in [0.25, 0.3) is 0 Å². The molecule has 0 aromatic heterocycles. The van der Waals surface area contributed by atoms with Crippen molar-refractivity contribution in [3.63, 3.8) is 0 Å². The molecule has 2 saturated carbocycles. The van der Waals surface area contributed by atoms with Crippen molar-refractivity contribution in [2.75, 3.05) is 6.61 Å². The first-order valence-electron chi connectivity index (χ1n) is 8.11. The number of hydrogen-bond donors (Lipinski definition) is 1. The van der Waals surface area contributed by atoms with Crippen molar-refractivity contribution in [3.8, 4) is 0 Å². The normalized spacial score (nSPS) is 41.5. The molecule has 3 aliphatic rings. The molecule has 1 saturated heterocycles. The SMILES string of the molecule is CC(C)C1CCCC(NC2CCOC2C2CC2)C1. The average molecular weight is 251 g/mol. The van der Waals surface area contributed by atoms with Gasteiger partial charge in [-0.05, 0) is 49.9 Å². The molecule has 4 atom stereocenters. The molecule has 0 aromatic carbocycles. The minimum Gasteiger partial charge on any atom is -0.376 e. The number of ether oxygens (including phenoxy) is 1. The molecule has 0 aromatic rings. The van der Waals surface area contributed by atoms with Crippen LogP contribution in [0.2, 0.25) is 0 Å². The molecule has 1 heterocycles. The summed E-state index contributed by atoms with van der Waals surface area (Å²) in [5, 5.41) is 3.95. The van der Waals surface area contributed by atoms with Crippen molar-refractivity contribution >= 4 is 0 Å². The molecule has 0 radical (unpaired) electrons. The third kappa shape index (κ3) is 2.91. The molecule has 104 valence electrons. The fourth-order valence-corrected chi connectivity index (χ4v) is 3.97. The predicted molar refractivity (Wildman–Crippen MR) is 74.6 cm³/mol. The first-order chi connectivity index (χ1) is 8.74. The van der Waals surface area contributed by atoms with Gasteiger partial charge in [-0.1, -0.05) is 26.7 Å². The summed E-state index contributed by atoms with van der Waals surface area (Å²) in [6.45, 7) is 5.76. The fraction of sp³-hybridized carbons (Fsp3) is 1.00. The van der Waals surface area contributed by atoms with Gasteiger partial charge < -0.3 is 10.1 Å². The van der Waals surface area contributed by atoms with E-state index in [-0.39, 0.29) is 0 Å². The molecule has 3 fully saturated rings. The van der Waals surface area contributed by atoms with E-state index >= 15 is 0 Å². The molecule has 0 amide bonds. The molecule has 0 bridgehead atoms. The number of hydrogen-bond acceptors (Lipinski definition) is 2. The van der Waals surface area contributed by atoms with Gasteiger partial charge in [-0.3, -0.25) is 0 Å². The van der Waals surface area contributed by atoms with Crippen LogP contribution in [0.3, 0.4) is 0 Å². The van der Waals surface area contributed by atoms with Crippen LogP contribution < -0.4 is 5.32 Å². The van der Waals surface area contributed by atoms with Crippen LogP contribution in [0.5, 0.6) is 0 Å². The standard InChI is InChI=1S/C16H29NO/c1-11(2)13-4-3-5-14(10-13)17-15-8-9-18-16(15)12-6-7-12/h11-17H,3-10H2,1-2H3. The van der Waals surface area contributed by atoms with Gasteiger partial charge >= 0.3 is 0 Å². The second-order valence-corrected chi connectivity index (χ2v) is 7.10. The Balaban J connectivity index is 1.52. The van der Waals surface area contributed by atoms with E-state index in [1.165, 1.54) is 44.9 Å². The largest absolute Gasteiger partial charge is 0.376 e.